The van der Waals surface area contributed by atoms with Crippen LogP contribution in [0, 0.1) is 5.92 Å². The van der Waals surface area contributed by atoms with Crippen LogP contribution in [0.5, 0.6) is 0 Å². The fourth-order valence-electron chi connectivity index (χ4n) is 4.03. The number of benzene rings is 2. The monoisotopic (exact) mass is 448 g/mol. The Bertz CT molecular complexity index is 1460. The lowest BCUT2D eigenvalue weighted by atomic mass is 10.0. The number of aromatic amines is 2. The molecule has 1 amide bonds. The molecule has 2 aromatic carbocycles. The molecule has 0 aliphatic rings. The lowest BCUT2D eigenvalue weighted by Gasteiger charge is -2.23. The molecule has 4 N–H and O–H groups in total. The second-order valence-electron chi connectivity index (χ2n) is 8.30. The van der Waals surface area contributed by atoms with Crippen LogP contribution in [-0.4, -0.2) is 37.6 Å². The lowest BCUT2D eigenvalue weighted by molar-refractivity contribution is -0.143. The number of rotatable bonds is 7. The van der Waals surface area contributed by atoms with Crippen LogP contribution in [0.15, 0.2) is 64.3 Å². The van der Waals surface area contributed by atoms with Crippen LogP contribution in [0.1, 0.15) is 25.5 Å². The van der Waals surface area contributed by atoms with Crippen molar-refractivity contribution in [3.8, 4) is 0 Å². The van der Waals surface area contributed by atoms with Gasteiger partial charge in [-0.25, -0.2) is 14.2 Å². The molecule has 0 saturated carbocycles. The maximum atomic E-state index is 13.4. The molecule has 4 aromatic rings. The van der Waals surface area contributed by atoms with Gasteiger partial charge in [-0.3, -0.25) is 9.59 Å². The molecule has 2 aromatic heterocycles. The van der Waals surface area contributed by atoms with Gasteiger partial charge in [0.15, 0.2) is 0 Å². The van der Waals surface area contributed by atoms with E-state index in [1.807, 2.05) is 24.3 Å². The fourth-order valence-corrected chi connectivity index (χ4v) is 4.03. The highest BCUT2D eigenvalue weighted by Crippen LogP contribution is 2.23. The number of hydrogen-bond acceptors (Lipinski definition) is 4. The van der Waals surface area contributed by atoms with E-state index < -0.39 is 41.1 Å². The number of aromatic nitrogens is 3. The summed E-state index contributed by atoms with van der Waals surface area (Å²) < 4.78 is 0.874. The zero-order valence-corrected chi connectivity index (χ0v) is 18.2. The van der Waals surface area contributed by atoms with Crippen molar-refractivity contribution in [2.45, 2.75) is 32.4 Å². The van der Waals surface area contributed by atoms with Crippen LogP contribution in [0.2, 0.25) is 0 Å². The van der Waals surface area contributed by atoms with E-state index in [-0.39, 0.29) is 11.8 Å². The molecule has 9 heteroatoms. The largest absolute Gasteiger partial charge is 0.480 e. The van der Waals surface area contributed by atoms with Gasteiger partial charge in [-0.2, -0.15) is 0 Å². The van der Waals surface area contributed by atoms with E-state index in [1.165, 1.54) is 0 Å². The summed E-state index contributed by atoms with van der Waals surface area (Å²) in [5.74, 6) is -2.31. The number of carbonyl (C=O) groups is 2. The SMILES string of the molecule is CC(C)[C@@H](NC(=O)[C@@H](Cc1c[nH]c2ccccc12)n1c(=O)[nH]c2ccccc2c1=O)C(=O)O. The van der Waals surface area contributed by atoms with Gasteiger partial charge < -0.3 is 20.4 Å². The van der Waals surface area contributed by atoms with Gasteiger partial charge >= 0.3 is 11.7 Å². The van der Waals surface area contributed by atoms with Gasteiger partial charge in [-0.05, 0) is 29.7 Å². The Morgan fingerprint density at radius 2 is 1.64 bits per heavy atom. The smallest absolute Gasteiger partial charge is 0.329 e. The molecule has 0 unspecified atom stereocenters. The van der Waals surface area contributed by atoms with Gasteiger partial charge in [0.1, 0.15) is 12.1 Å². The van der Waals surface area contributed by atoms with Gasteiger partial charge in [0, 0.05) is 23.5 Å². The van der Waals surface area contributed by atoms with Crippen LogP contribution in [0.25, 0.3) is 21.8 Å². The number of aliphatic carboxylic acids is 1. The maximum Gasteiger partial charge on any atom is 0.329 e. The van der Waals surface area contributed by atoms with Crippen molar-refractivity contribution in [2.75, 3.05) is 0 Å². The second-order valence-corrected chi connectivity index (χ2v) is 8.30. The molecule has 33 heavy (non-hydrogen) atoms. The first-order chi connectivity index (χ1) is 15.8. The van der Waals surface area contributed by atoms with E-state index in [9.17, 15) is 24.3 Å². The highest BCUT2D eigenvalue weighted by Gasteiger charge is 2.31. The second kappa shape index (κ2) is 8.78. The van der Waals surface area contributed by atoms with Crippen molar-refractivity contribution in [2.24, 2.45) is 5.92 Å². The third kappa shape index (κ3) is 4.17. The maximum absolute atomic E-state index is 13.4. The molecule has 0 aliphatic carbocycles. The van der Waals surface area contributed by atoms with Crippen molar-refractivity contribution in [1.29, 1.82) is 0 Å². The summed E-state index contributed by atoms with van der Waals surface area (Å²) in [6.45, 7) is 3.34. The third-order valence-corrected chi connectivity index (χ3v) is 5.77. The van der Waals surface area contributed by atoms with E-state index in [4.69, 9.17) is 0 Å². The van der Waals surface area contributed by atoms with Crippen molar-refractivity contribution in [1.82, 2.24) is 19.9 Å². The van der Waals surface area contributed by atoms with Gasteiger partial charge in [-0.1, -0.05) is 44.2 Å². The first-order valence-electron chi connectivity index (χ1n) is 10.6. The van der Waals surface area contributed by atoms with E-state index >= 15 is 0 Å². The average Bonchev–Trinajstić information content (AvgIpc) is 3.19. The standard InChI is InChI=1S/C24H24N4O5/c1-13(2)20(23(31)32)27-21(29)19(11-14-12-25-17-9-5-3-7-15(14)17)28-22(30)16-8-4-6-10-18(16)26-24(28)33/h3-10,12-13,19-20,25H,11H2,1-2H3,(H,26,33)(H,27,29)(H,31,32)/t19-,20-/m1/s1. The number of para-hydroxylation sites is 2. The molecule has 0 aliphatic heterocycles. The summed E-state index contributed by atoms with van der Waals surface area (Å²) in [7, 11) is 0. The minimum absolute atomic E-state index is 0.0155. The van der Waals surface area contributed by atoms with Crippen LogP contribution in [0.4, 0.5) is 0 Å². The summed E-state index contributed by atoms with van der Waals surface area (Å²) in [5.41, 5.74) is 0.570. The topological polar surface area (TPSA) is 137 Å². The first kappa shape index (κ1) is 22.1. The van der Waals surface area contributed by atoms with Crippen molar-refractivity contribution in [3.63, 3.8) is 0 Å². The Labute approximate surface area is 188 Å². The Hall–Kier alpha value is -4.14. The summed E-state index contributed by atoms with van der Waals surface area (Å²) in [4.78, 5) is 57.1. The Morgan fingerprint density at radius 1 is 1.00 bits per heavy atom. The van der Waals surface area contributed by atoms with Crippen LogP contribution < -0.4 is 16.6 Å². The molecule has 170 valence electrons. The summed E-state index contributed by atoms with van der Waals surface area (Å²) in [6.07, 6.45) is 1.74. The highest BCUT2D eigenvalue weighted by molar-refractivity contribution is 5.88. The van der Waals surface area contributed by atoms with Gasteiger partial charge in [0.05, 0.1) is 10.9 Å². The van der Waals surface area contributed by atoms with Crippen LogP contribution in [-0.2, 0) is 16.0 Å². The Balaban J connectivity index is 1.85. The fraction of sp³-hybridized carbons (Fsp3) is 0.250. The van der Waals surface area contributed by atoms with Gasteiger partial charge in [-0.15, -0.1) is 0 Å². The predicted molar refractivity (Wildman–Crippen MR) is 124 cm³/mol. The van der Waals surface area contributed by atoms with Gasteiger partial charge in [0.2, 0.25) is 5.91 Å². The van der Waals surface area contributed by atoms with Crippen molar-refractivity contribution < 1.29 is 14.7 Å². The quantitative estimate of drug-likeness (QED) is 0.343. The van der Waals surface area contributed by atoms with E-state index in [0.29, 0.717) is 5.52 Å². The number of amides is 1. The summed E-state index contributed by atoms with van der Waals surface area (Å²) in [6, 6.07) is 11.6. The Morgan fingerprint density at radius 3 is 2.30 bits per heavy atom. The lowest BCUT2D eigenvalue weighted by Crippen LogP contribution is -2.51. The number of fused-ring (bicyclic) bond motifs is 2. The normalized spacial score (nSPS) is 13.3. The molecular weight excluding hydrogens is 424 g/mol. The number of carboxylic acids is 1. The zero-order valence-electron chi connectivity index (χ0n) is 18.2. The van der Waals surface area contributed by atoms with E-state index in [2.05, 4.69) is 15.3 Å². The molecule has 2 heterocycles. The van der Waals surface area contributed by atoms with Crippen molar-refractivity contribution in [3.05, 3.63) is 81.1 Å². The molecule has 0 bridgehead atoms. The number of carboxylic acid groups (broad SMARTS) is 1. The minimum Gasteiger partial charge on any atom is -0.480 e. The Kier molecular flexibility index (Phi) is 5.87. The van der Waals surface area contributed by atoms with Crippen LogP contribution in [0.3, 0.4) is 0 Å². The average molecular weight is 448 g/mol. The molecule has 4 rings (SSSR count). The minimum atomic E-state index is -1.26. The number of hydrogen-bond donors (Lipinski definition) is 4. The number of nitrogens with one attached hydrogen (secondary N) is 3. The molecule has 0 saturated heterocycles. The predicted octanol–water partition coefficient (Wildman–Crippen LogP) is 2.18. The third-order valence-electron chi connectivity index (χ3n) is 5.77. The number of nitrogens with zero attached hydrogens (tertiary/aromatic N) is 1. The van der Waals surface area contributed by atoms with Crippen molar-refractivity contribution >= 4 is 33.7 Å². The molecule has 9 nitrogen and oxygen atoms in total. The highest BCUT2D eigenvalue weighted by atomic mass is 16.4. The van der Waals surface area contributed by atoms with Gasteiger partial charge in [0.25, 0.3) is 5.56 Å². The zero-order chi connectivity index (χ0) is 23.7. The molecule has 0 spiro atoms. The molecular formula is C24H24N4O5. The molecule has 0 fully saturated rings. The van der Waals surface area contributed by atoms with E-state index in [0.717, 1.165) is 21.0 Å². The first-order valence-corrected chi connectivity index (χ1v) is 10.6. The molecule has 0 radical (unpaired) electrons. The van der Waals surface area contributed by atoms with Crippen LogP contribution >= 0.6 is 0 Å². The molecule has 2 atom stereocenters. The summed E-state index contributed by atoms with van der Waals surface area (Å²) in [5, 5.41) is 13.2. The van der Waals surface area contributed by atoms with E-state index in [1.54, 1.807) is 44.3 Å². The number of carbonyl (C=O) groups excluding carboxylic acids is 1. The number of H-pyrrole nitrogens is 2. The summed E-state index contributed by atoms with van der Waals surface area (Å²) >= 11 is 0.